The Kier molecular flexibility index (Phi) is 25.8. The van der Waals surface area contributed by atoms with Crippen LogP contribution in [0.25, 0.3) is 0 Å². The number of halogens is 1. The monoisotopic (exact) mass is 616 g/mol. The minimum absolute atomic E-state index is 0.772. The summed E-state index contributed by atoms with van der Waals surface area (Å²) in [5.74, 6) is 4.99. The SMILES string of the molecule is CCCCCCCS(CC)(CCCCCCC)OP(=O)(F)OS(CC)(CCCCCCC)CCCCCCC. The van der Waals surface area contributed by atoms with Gasteiger partial charge in [0, 0.05) is 0 Å². The predicted molar refractivity (Wildman–Crippen MR) is 182 cm³/mol. The van der Waals surface area contributed by atoms with Crippen molar-refractivity contribution in [3.8, 4) is 0 Å². The molecule has 0 unspecified atom stereocenters. The predicted octanol–water partition coefficient (Wildman–Crippen LogP) is 13.5. The Hall–Kier alpha value is 0.780. The lowest BCUT2D eigenvalue weighted by molar-refractivity contribution is 0.364. The topological polar surface area (TPSA) is 35.5 Å². The number of unbranched alkanes of at least 4 members (excludes halogenated alkanes) is 16. The van der Waals surface area contributed by atoms with Gasteiger partial charge in [0.15, 0.2) is 0 Å². The first kappa shape index (κ1) is 39.8. The molecular weight excluding hydrogens is 546 g/mol. The van der Waals surface area contributed by atoms with Crippen molar-refractivity contribution in [2.75, 3.05) is 34.5 Å². The van der Waals surface area contributed by atoms with Gasteiger partial charge < -0.3 is 0 Å². The Morgan fingerprint density at radius 2 is 0.667 bits per heavy atom. The second-order valence-electron chi connectivity index (χ2n) is 11.6. The quantitative estimate of drug-likeness (QED) is 0.0595. The zero-order valence-corrected chi connectivity index (χ0v) is 29.8. The lowest BCUT2D eigenvalue weighted by Gasteiger charge is -2.43. The summed E-state index contributed by atoms with van der Waals surface area (Å²) in [6, 6.07) is 0. The van der Waals surface area contributed by atoms with E-state index < -0.39 is 28.5 Å². The van der Waals surface area contributed by atoms with Gasteiger partial charge in [0.2, 0.25) is 0 Å². The van der Waals surface area contributed by atoms with E-state index >= 15 is 4.20 Å². The second kappa shape index (κ2) is 25.3. The highest BCUT2D eigenvalue weighted by Gasteiger charge is 2.41. The van der Waals surface area contributed by atoms with Crippen LogP contribution >= 0.6 is 28.5 Å². The molecule has 7 heteroatoms. The van der Waals surface area contributed by atoms with Crippen molar-refractivity contribution in [1.82, 2.24) is 0 Å². The van der Waals surface area contributed by atoms with E-state index in [4.69, 9.17) is 7.94 Å². The van der Waals surface area contributed by atoms with Gasteiger partial charge in [0.1, 0.15) is 0 Å². The van der Waals surface area contributed by atoms with E-state index in [0.717, 1.165) is 85.9 Å². The molecule has 0 N–H and O–H groups in total. The molecule has 0 rings (SSSR count). The fraction of sp³-hybridized carbons (Fsp3) is 1.00. The molecule has 0 radical (unpaired) electrons. The third kappa shape index (κ3) is 20.3. The third-order valence-corrected chi connectivity index (χ3v) is 18.2. The van der Waals surface area contributed by atoms with Gasteiger partial charge in [-0.2, -0.15) is 0 Å². The molecule has 0 saturated heterocycles. The minimum Gasteiger partial charge on any atom is -0.233 e. The first-order chi connectivity index (χ1) is 18.8. The highest BCUT2D eigenvalue weighted by Crippen LogP contribution is 2.73. The molecule has 0 bridgehead atoms. The van der Waals surface area contributed by atoms with Crippen LogP contribution in [0.3, 0.4) is 0 Å². The van der Waals surface area contributed by atoms with Crippen LogP contribution in [0.2, 0.25) is 0 Å². The number of hydrogen-bond donors (Lipinski definition) is 0. The largest absolute Gasteiger partial charge is 0.532 e. The molecule has 240 valence electrons. The smallest absolute Gasteiger partial charge is 0.233 e. The molecule has 39 heavy (non-hydrogen) atoms. The van der Waals surface area contributed by atoms with Crippen molar-refractivity contribution in [2.45, 2.75) is 170 Å². The van der Waals surface area contributed by atoms with Crippen LogP contribution in [-0.4, -0.2) is 34.5 Å². The normalized spacial score (nSPS) is 13.7. The Labute approximate surface area is 249 Å². The van der Waals surface area contributed by atoms with Gasteiger partial charge in [0.25, 0.3) is 0 Å². The molecule has 0 aliphatic rings. The van der Waals surface area contributed by atoms with Crippen LogP contribution in [0.4, 0.5) is 4.20 Å². The summed E-state index contributed by atoms with van der Waals surface area (Å²) in [7, 11) is -8.16. The fourth-order valence-corrected chi connectivity index (χ4v) is 15.2. The Morgan fingerprint density at radius 3 is 0.872 bits per heavy atom. The maximum atomic E-state index is 16.1. The summed E-state index contributed by atoms with van der Waals surface area (Å²) in [4.78, 5) is 0. The average molecular weight is 617 g/mol. The molecule has 0 aromatic rings. The number of rotatable bonds is 30. The highest BCUT2D eigenvalue weighted by molar-refractivity contribution is 8.33. The van der Waals surface area contributed by atoms with Crippen LogP contribution in [0.1, 0.15) is 170 Å². The molecule has 0 aromatic carbocycles. The molecule has 0 atom stereocenters. The average Bonchev–Trinajstić information content (AvgIpc) is 2.91. The second-order valence-corrected chi connectivity index (χ2v) is 20.3. The lowest BCUT2D eigenvalue weighted by Crippen LogP contribution is -2.18. The third-order valence-electron chi connectivity index (χ3n) is 8.03. The molecular formula is C32H70FO3PS2. The van der Waals surface area contributed by atoms with Crippen LogP contribution in [0, 0.1) is 0 Å². The van der Waals surface area contributed by atoms with Gasteiger partial charge in [-0.1, -0.05) is 144 Å². The van der Waals surface area contributed by atoms with E-state index in [1.165, 1.54) is 77.0 Å². The van der Waals surface area contributed by atoms with E-state index in [1.54, 1.807) is 0 Å². The Balaban J connectivity index is 5.56. The van der Waals surface area contributed by atoms with Gasteiger partial charge in [0.05, 0.1) is 0 Å². The summed E-state index contributed by atoms with van der Waals surface area (Å²) < 4.78 is 42.2. The number of hydrogen-bond acceptors (Lipinski definition) is 3. The molecule has 0 aliphatic heterocycles. The molecule has 0 fully saturated rings. The molecule has 0 heterocycles. The zero-order valence-electron chi connectivity index (χ0n) is 27.3. The van der Waals surface area contributed by atoms with Crippen molar-refractivity contribution < 1.29 is 16.7 Å². The molecule has 0 aliphatic carbocycles. The van der Waals surface area contributed by atoms with Gasteiger partial charge in [-0.15, -0.1) is 24.8 Å². The first-order valence-corrected chi connectivity index (χ1v) is 22.6. The maximum absolute atomic E-state index is 16.1. The van der Waals surface area contributed by atoms with Crippen LogP contribution in [-0.2, 0) is 12.5 Å². The lowest BCUT2D eigenvalue weighted by atomic mass is 10.2. The van der Waals surface area contributed by atoms with Gasteiger partial charge in [-0.3, -0.25) is 0 Å². The van der Waals surface area contributed by atoms with Crippen LogP contribution in [0.5, 0.6) is 0 Å². The molecule has 0 aromatic heterocycles. The van der Waals surface area contributed by atoms with Gasteiger partial charge in [-0.25, -0.2) is 12.5 Å². The fourth-order valence-electron chi connectivity index (χ4n) is 5.30. The minimum atomic E-state index is -4.64. The van der Waals surface area contributed by atoms with E-state index in [9.17, 15) is 4.57 Å². The summed E-state index contributed by atoms with van der Waals surface area (Å²) in [6.45, 7) is 13.2. The van der Waals surface area contributed by atoms with E-state index in [1.807, 2.05) is 0 Å². The molecule has 0 spiro atoms. The van der Waals surface area contributed by atoms with Crippen LogP contribution in [0.15, 0.2) is 0 Å². The van der Waals surface area contributed by atoms with Gasteiger partial charge >= 0.3 is 7.91 Å². The van der Waals surface area contributed by atoms with Crippen molar-refractivity contribution in [1.29, 1.82) is 0 Å². The van der Waals surface area contributed by atoms with Crippen molar-refractivity contribution in [3.05, 3.63) is 0 Å². The van der Waals surface area contributed by atoms with Crippen molar-refractivity contribution in [2.24, 2.45) is 0 Å². The summed E-state index contributed by atoms with van der Waals surface area (Å²) in [5.41, 5.74) is 0. The summed E-state index contributed by atoms with van der Waals surface area (Å²) in [5, 5.41) is 0. The summed E-state index contributed by atoms with van der Waals surface area (Å²) >= 11 is 0. The van der Waals surface area contributed by atoms with Gasteiger partial charge in [-0.05, 0) is 60.2 Å². The molecule has 0 saturated carbocycles. The summed E-state index contributed by atoms with van der Waals surface area (Å²) in [6.07, 6.45) is 23.5. The molecule has 0 amide bonds. The maximum Gasteiger partial charge on any atom is 0.532 e. The standard InChI is InChI=1S/C32H70FO3PS2/c1-7-13-17-21-25-29-38(11-5,30-26-22-18-14-8-2)35-37(33,34)36-39(12-6,31-27-23-19-15-9-3)32-28-24-20-16-10-4/h7-32H2,1-6H3. The van der Waals surface area contributed by atoms with Crippen molar-refractivity contribution >= 4 is 28.5 Å². The van der Waals surface area contributed by atoms with E-state index in [2.05, 4.69) is 41.5 Å². The van der Waals surface area contributed by atoms with Crippen molar-refractivity contribution in [3.63, 3.8) is 0 Å². The highest BCUT2D eigenvalue weighted by atomic mass is 32.3. The van der Waals surface area contributed by atoms with E-state index in [0.29, 0.717) is 0 Å². The zero-order chi connectivity index (χ0) is 29.3. The van der Waals surface area contributed by atoms with E-state index in [-0.39, 0.29) is 0 Å². The Morgan fingerprint density at radius 1 is 0.436 bits per heavy atom. The molecule has 3 nitrogen and oxygen atoms in total. The first-order valence-electron chi connectivity index (χ1n) is 17.0. The Bertz CT molecular complexity index is 520. The van der Waals surface area contributed by atoms with Crippen LogP contribution < -0.4 is 0 Å².